The number of carbonyl (C=O) groups excluding carboxylic acids is 2. The van der Waals surface area contributed by atoms with Crippen molar-refractivity contribution >= 4 is 48.8 Å². The SMILES string of the molecule is Cc1ccc(S(=O)(=O)N(C)c2ccc(CNc3cc(S(=O)(=O)[O-])c(N)c4c3C(=O)c3ccccc3C4=O)cc2)cc1.[Na+]. The van der Waals surface area contributed by atoms with Gasteiger partial charge in [-0.25, -0.2) is 16.8 Å². The molecule has 0 heterocycles. The van der Waals surface area contributed by atoms with Gasteiger partial charge in [-0.3, -0.25) is 13.9 Å². The maximum absolute atomic E-state index is 13.4. The average molecular weight is 614 g/mol. The molecule has 4 aromatic rings. The Morgan fingerprint density at radius 2 is 1.38 bits per heavy atom. The van der Waals surface area contributed by atoms with E-state index in [4.69, 9.17) is 5.73 Å². The molecule has 0 saturated carbocycles. The summed E-state index contributed by atoms with van der Waals surface area (Å²) in [7, 11) is -7.44. The van der Waals surface area contributed by atoms with Crippen LogP contribution in [0.15, 0.2) is 88.7 Å². The predicted molar refractivity (Wildman–Crippen MR) is 153 cm³/mol. The van der Waals surface area contributed by atoms with Crippen molar-refractivity contribution in [1.82, 2.24) is 0 Å². The van der Waals surface area contributed by atoms with Gasteiger partial charge in [0.15, 0.2) is 11.6 Å². The summed E-state index contributed by atoms with van der Waals surface area (Å²) in [6.07, 6.45) is 0. The number of hydrogen-bond acceptors (Lipinski definition) is 9. The van der Waals surface area contributed by atoms with Gasteiger partial charge in [-0.05, 0) is 42.8 Å². The molecule has 0 radical (unpaired) electrons. The maximum Gasteiger partial charge on any atom is 1.00 e. The van der Waals surface area contributed by atoms with E-state index >= 15 is 0 Å². The van der Waals surface area contributed by atoms with Gasteiger partial charge in [-0.1, -0.05) is 54.1 Å². The molecule has 0 unspecified atom stereocenters. The van der Waals surface area contributed by atoms with Crippen LogP contribution in [0.25, 0.3) is 0 Å². The molecule has 0 fully saturated rings. The number of sulfonamides is 1. The van der Waals surface area contributed by atoms with E-state index in [1.807, 2.05) is 6.92 Å². The van der Waals surface area contributed by atoms with Crippen LogP contribution in [-0.2, 0) is 26.7 Å². The van der Waals surface area contributed by atoms with Gasteiger partial charge in [0.1, 0.15) is 10.1 Å². The van der Waals surface area contributed by atoms with E-state index in [1.54, 1.807) is 48.5 Å². The van der Waals surface area contributed by atoms with Crippen molar-refractivity contribution in [2.75, 3.05) is 22.4 Å². The molecular formula is C29H24N3NaO7S2. The summed E-state index contributed by atoms with van der Waals surface area (Å²) in [5, 5.41) is 2.96. The van der Waals surface area contributed by atoms with E-state index < -0.39 is 42.3 Å². The third kappa shape index (κ3) is 5.61. The Balaban J connectivity index is 0.00000405. The molecule has 10 nitrogen and oxygen atoms in total. The van der Waals surface area contributed by atoms with Crippen molar-refractivity contribution in [2.45, 2.75) is 23.3 Å². The zero-order valence-electron chi connectivity index (χ0n) is 22.9. The number of nitrogens with one attached hydrogen (secondary N) is 1. The number of benzene rings is 4. The first kappa shape index (κ1) is 31.4. The van der Waals surface area contributed by atoms with Crippen LogP contribution in [0.5, 0.6) is 0 Å². The smallest absolute Gasteiger partial charge is 0.744 e. The van der Waals surface area contributed by atoms with Gasteiger partial charge in [0.2, 0.25) is 0 Å². The number of fused-ring (bicyclic) bond motifs is 2. The topological polar surface area (TPSA) is 167 Å². The Morgan fingerprint density at radius 3 is 1.93 bits per heavy atom. The largest absolute Gasteiger partial charge is 1.00 e. The summed E-state index contributed by atoms with van der Waals surface area (Å²) in [6, 6.07) is 20.0. The van der Waals surface area contributed by atoms with Crippen molar-refractivity contribution in [2.24, 2.45) is 0 Å². The van der Waals surface area contributed by atoms with Crippen LogP contribution in [0.4, 0.5) is 17.1 Å². The molecular weight excluding hydrogens is 589 g/mol. The van der Waals surface area contributed by atoms with Crippen LogP contribution in [0.3, 0.4) is 0 Å². The summed E-state index contributed by atoms with van der Waals surface area (Å²) in [5.41, 5.74) is 7.05. The first-order chi connectivity index (χ1) is 19.3. The van der Waals surface area contributed by atoms with Gasteiger partial charge >= 0.3 is 29.6 Å². The van der Waals surface area contributed by atoms with E-state index in [9.17, 15) is 31.0 Å². The summed E-state index contributed by atoms with van der Waals surface area (Å²) in [5.74, 6) is -1.21. The van der Waals surface area contributed by atoms with Crippen molar-refractivity contribution in [1.29, 1.82) is 0 Å². The Labute approximate surface area is 265 Å². The Kier molecular flexibility index (Phi) is 8.70. The quantitative estimate of drug-likeness (QED) is 0.153. The standard InChI is InChI=1S/C29H25N3O7S2.Na/c1-17-7-13-20(14-8-17)40(35,36)32(2)19-11-9-18(10-12-19)16-31-23-15-24(41(37,38)39)27(30)26-25(23)28(33)21-5-3-4-6-22(21)29(26)34;/h3-15,31H,16,30H2,1-2H3,(H,37,38,39);/q;+1/p-1. The van der Waals surface area contributed by atoms with Crippen LogP contribution in [0.1, 0.15) is 43.0 Å². The van der Waals surface area contributed by atoms with Crippen LogP contribution in [0, 0.1) is 6.92 Å². The molecule has 0 amide bonds. The zero-order chi connectivity index (χ0) is 29.7. The molecule has 0 bridgehead atoms. The minimum absolute atomic E-state index is 0. The van der Waals surface area contributed by atoms with E-state index in [1.165, 1.54) is 31.3 Å². The second-order valence-corrected chi connectivity index (χ2v) is 12.9. The Morgan fingerprint density at radius 1 is 0.833 bits per heavy atom. The van der Waals surface area contributed by atoms with Gasteiger partial charge in [0.05, 0.1) is 32.3 Å². The van der Waals surface area contributed by atoms with Crippen molar-refractivity contribution in [3.63, 3.8) is 0 Å². The third-order valence-electron chi connectivity index (χ3n) is 6.93. The van der Waals surface area contributed by atoms with Crippen LogP contribution in [0.2, 0.25) is 0 Å². The van der Waals surface area contributed by atoms with Crippen molar-refractivity contribution in [3.8, 4) is 0 Å². The molecule has 210 valence electrons. The average Bonchev–Trinajstić information content (AvgIpc) is 2.94. The van der Waals surface area contributed by atoms with Gasteiger partial charge < -0.3 is 15.6 Å². The fourth-order valence-electron chi connectivity index (χ4n) is 4.67. The number of hydrogen-bond donors (Lipinski definition) is 2. The number of nitrogens with zero attached hydrogens (tertiary/aromatic N) is 1. The molecule has 13 heteroatoms. The normalized spacial score (nSPS) is 12.6. The molecule has 5 rings (SSSR count). The number of carbonyl (C=O) groups is 2. The van der Waals surface area contributed by atoms with Crippen LogP contribution >= 0.6 is 0 Å². The van der Waals surface area contributed by atoms with Crippen LogP contribution in [-0.4, -0.2) is 40.0 Å². The first-order valence-electron chi connectivity index (χ1n) is 12.3. The molecule has 4 aromatic carbocycles. The number of rotatable bonds is 7. The zero-order valence-corrected chi connectivity index (χ0v) is 26.5. The molecule has 42 heavy (non-hydrogen) atoms. The second kappa shape index (κ2) is 11.6. The molecule has 0 atom stereocenters. The number of nitrogens with two attached hydrogens (primary N) is 1. The molecule has 1 aliphatic rings. The van der Waals surface area contributed by atoms with Gasteiger partial charge in [-0.15, -0.1) is 0 Å². The van der Waals surface area contributed by atoms with Crippen molar-refractivity contribution in [3.05, 3.63) is 112 Å². The summed E-state index contributed by atoms with van der Waals surface area (Å²) in [4.78, 5) is 26.0. The number of ketones is 2. The molecule has 3 N–H and O–H groups in total. The van der Waals surface area contributed by atoms with E-state index in [0.29, 0.717) is 11.3 Å². The molecule has 0 spiro atoms. The maximum atomic E-state index is 13.4. The summed E-state index contributed by atoms with van der Waals surface area (Å²) in [6.45, 7) is 1.91. The summed E-state index contributed by atoms with van der Waals surface area (Å²) < 4.78 is 63.2. The van der Waals surface area contributed by atoms with Gasteiger partial charge in [0.25, 0.3) is 10.0 Å². The molecule has 0 aromatic heterocycles. The molecule has 0 aliphatic heterocycles. The minimum atomic E-state index is -5.09. The third-order valence-corrected chi connectivity index (χ3v) is 9.61. The molecule has 1 aliphatic carbocycles. The minimum Gasteiger partial charge on any atom is -0.744 e. The van der Waals surface area contributed by atoms with Gasteiger partial charge in [-0.2, -0.15) is 0 Å². The Hall–Kier alpha value is -3.52. The number of aryl methyl sites for hydroxylation is 1. The predicted octanol–water partition coefficient (Wildman–Crippen LogP) is 0.698. The molecule has 0 saturated heterocycles. The van der Waals surface area contributed by atoms with Crippen molar-refractivity contribution < 1.29 is 60.5 Å². The number of nitrogen functional groups attached to an aromatic ring is 1. The number of anilines is 3. The monoisotopic (exact) mass is 613 g/mol. The van der Waals surface area contributed by atoms with E-state index in [2.05, 4.69) is 5.32 Å². The fourth-order valence-corrected chi connectivity index (χ4v) is 6.50. The van der Waals surface area contributed by atoms with Crippen LogP contribution < -0.4 is 44.9 Å². The summed E-state index contributed by atoms with van der Waals surface area (Å²) >= 11 is 0. The van der Waals surface area contributed by atoms with E-state index in [-0.39, 0.29) is 68.9 Å². The second-order valence-electron chi connectivity index (χ2n) is 9.55. The fraction of sp³-hybridized carbons (Fsp3) is 0.103. The van der Waals surface area contributed by atoms with E-state index in [0.717, 1.165) is 15.9 Å². The first-order valence-corrected chi connectivity index (χ1v) is 15.1. The van der Waals surface area contributed by atoms with Gasteiger partial charge in [0, 0.05) is 30.4 Å². The Bertz CT molecular complexity index is 1940.